The molecule has 1 saturated heterocycles. The highest BCUT2D eigenvalue weighted by Crippen LogP contribution is 2.44. The van der Waals surface area contributed by atoms with Gasteiger partial charge in [0.2, 0.25) is 5.91 Å². The van der Waals surface area contributed by atoms with Crippen LogP contribution in [0.15, 0.2) is 78.9 Å². The minimum atomic E-state index is -1.29. The minimum Gasteiger partial charge on any atom is -0.481 e. The molecule has 1 heterocycles. The standard InChI is InChI=1S/C32H34N2O7/c1-20(40-16-21-10-4-3-5-11-21)28(29(35)33-27-18-39-19-32(27,2)30(36)37)34-31(38)41-17-26-24-14-8-6-12-22(24)23-13-7-9-15-25(23)26/h3-15,20,26-28H,16-19H2,1-2H3,(H,33,35)(H,34,38)(H,36,37)/t20-,27?,28+,32?/m0/s1. The van der Waals surface area contributed by atoms with Crippen LogP contribution in [0.3, 0.4) is 0 Å². The Morgan fingerprint density at radius 3 is 2.22 bits per heavy atom. The number of hydrogen-bond acceptors (Lipinski definition) is 6. The Kier molecular flexibility index (Phi) is 8.37. The number of alkyl carbamates (subject to hydrolysis) is 1. The summed E-state index contributed by atoms with van der Waals surface area (Å²) in [7, 11) is 0. The summed E-state index contributed by atoms with van der Waals surface area (Å²) >= 11 is 0. The average molecular weight is 559 g/mol. The van der Waals surface area contributed by atoms with E-state index in [9.17, 15) is 19.5 Å². The van der Waals surface area contributed by atoms with E-state index in [0.717, 1.165) is 27.8 Å². The Bertz CT molecular complexity index is 1370. The number of benzene rings is 3. The predicted molar refractivity (Wildman–Crippen MR) is 151 cm³/mol. The van der Waals surface area contributed by atoms with Gasteiger partial charge in [-0.3, -0.25) is 9.59 Å². The molecule has 3 aromatic carbocycles. The lowest BCUT2D eigenvalue weighted by atomic mass is 9.85. The number of rotatable bonds is 10. The van der Waals surface area contributed by atoms with Gasteiger partial charge in [-0.15, -0.1) is 0 Å². The molecule has 2 amide bonds. The molecule has 0 saturated carbocycles. The molecule has 4 atom stereocenters. The van der Waals surface area contributed by atoms with Crippen molar-refractivity contribution >= 4 is 18.0 Å². The van der Waals surface area contributed by atoms with Gasteiger partial charge < -0.3 is 30.0 Å². The molecule has 1 fully saturated rings. The van der Waals surface area contributed by atoms with E-state index in [1.165, 1.54) is 6.92 Å². The number of carboxylic acid groups (broad SMARTS) is 1. The lowest BCUT2D eigenvalue weighted by Crippen LogP contribution is -2.58. The van der Waals surface area contributed by atoms with Gasteiger partial charge in [-0.2, -0.15) is 0 Å². The first kappa shape index (κ1) is 28.3. The summed E-state index contributed by atoms with van der Waals surface area (Å²) in [4.78, 5) is 38.5. The van der Waals surface area contributed by atoms with E-state index >= 15 is 0 Å². The normalized spacial score (nSPS) is 20.9. The van der Waals surface area contributed by atoms with Gasteiger partial charge in [0.15, 0.2) is 0 Å². The third kappa shape index (κ3) is 5.96. The second-order valence-corrected chi connectivity index (χ2v) is 10.7. The van der Waals surface area contributed by atoms with E-state index in [2.05, 4.69) is 22.8 Å². The van der Waals surface area contributed by atoms with Crippen molar-refractivity contribution in [3.8, 4) is 11.1 Å². The molecule has 1 aliphatic carbocycles. The Hall–Kier alpha value is -4.21. The first-order chi connectivity index (χ1) is 19.8. The molecule has 0 bridgehead atoms. The smallest absolute Gasteiger partial charge is 0.407 e. The quantitative estimate of drug-likeness (QED) is 0.342. The van der Waals surface area contributed by atoms with Crippen LogP contribution < -0.4 is 10.6 Å². The highest BCUT2D eigenvalue weighted by Gasteiger charge is 2.48. The molecule has 2 aliphatic rings. The van der Waals surface area contributed by atoms with E-state index in [1.54, 1.807) is 6.92 Å². The summed E-state index contributed by atoms with van der Waals surface area (Å²) in [5.41, 5.74) is 3.98. The Morgan fingerprint density at radius 2 is 1.59 bits per heavy atom. The van der Waals surface area contributed by atoms with Crippen LogP contribution in [0.2, 0.25) is 0 Å². The fraction of sp³-hybridized carbons (Fsp3) is 0.344. The second-order valence-electron chi connectivity index (χ2n) is 10.7. The van der Waals surface area contributed by atoms with Crippen LogP contribution in [0.5, 0.6) is 0 Å². The molecule has 0 spiro atoms. The first-order valence-corrected chi connectivity index (χ1v) is 13.7. The van der Waals surface area contributed by atoms with E-state index in [-0.39, 0.29) is 32.3 Å². The van der Waals surface area contributed by atoms with Crippen molar-refractivity contribution in [3.05, 3.63) is 95.6 Å². The van der Waals surface area contributed by atoms with Crippen LogP contribution >= 0.6 is 0 Å². The Labute approximate surface area is 238 Å². The molecule has 0 aromatic heterocycles. The maximum absolute atomic E-state index is 13.5. The van der Waals surface area contributed by atoms with Gasteiger partial charge in [0, 0.05) is 5.92 Å². The maximum Gasteiger partial charge on any atom is 0.407 e. The van der Waals surface area contributed by atoms with Crippen LogP contribution in [0.1, 0.15) is 36.5 Å². The predicted octanol–water partition coefficient (Wildman–Crippen LogP) is 4.10. The van der Waals surface area contributed by atoms with Gasteiger partial charge in [0.05, 0.1) is 32.0 Å². The number of carboxylic acids is 1. The third-order valence-electron chi connectivity index (χ3n) is 7.99. The van der Waals surface area contributed by atoms with E-state index in [1.807, 2.05) is 66.7 Å². The fourth-order valence-corrected chi connectivity index (χ4v) is 5.41. The number of ether oxygens (including phenoxy) is 3. The van der Waals surface area contributed by atoms with Crippen LogP contribution in [-0.2, 0) is 30.4 Å². The fourth-order valence-electron chi connectivity index (χ4n) is 5.41. The summed E-state index contributed by atoms with van der Waals surface area (Å²) in [6.07, 6.45) is -1.53. The molecule has 0 radical (unpaired) electrons. The molecule has 214 valence electrons. The van der Waals surface area contributed by atoms with E-state index in [0.29, 0.717) is 0 Å². The van der Waals surface area contributed by atoms with Crippen molar-refractivity contribution in [1.29, 1.82) is 0 Å². The Morgan fingerprint density at radius 1 is 0.976 bits per heavy atom. The molecule has 9 nitrogen and oxygen atoms in total. The molecule has 3 aromatic rings. The zero-order valence-corrected chi connectivity index (χ0v) is 23.0. The number of aliphatic carboxylic acids is 1. The van der Waals surface area contributed by atoms with Crippen molar-refractivity contribution in [2.24, 2.45) is 5.41 Å². The minimum absolute atomic E-state index is 0.0299. The lowest BCUT2D eigenvalue weighted by molar-refractivity contribution is -0.149. The zero-order chi connectivity index (χ0) is 29.0. The maximum atomic E-state index is 13.5. The molecular formula is C32H34N2O7. The van der Waals surface area contributed by atoms with Gasteiger partial charge in [-0.05, 0) is 41.7 Å². The van der Waals surface area contributed by atoms with Crippen LogP contribution in [0.25, 0.3) is 11.1 Å². The van der Waals surface area contributed by atoms with Crippen molar-refractivity contribution in [2.45, 2.75) is 44.6 Å². The van der Waals surface area contributed by atoms with Crippen molar-refractivity contribution in [3.63, 3.8) is 0 Å². The molecule has 5 rings (SSSR count). The van der Waals surface area contributed by atoms with E-state index < -0.39 is 41.6 Å². The molecule has 3 N–H and O–H groups in total. The Balaban J connectivity index is 1.28. The van der Waals surface area contributed by atoms with Crippen LogP contribution in [0.4, 0.5) is 4.79 Å². The molecular weight excluding hydrogens is 524 g/mol. The number of carbonyl (C=O) groups excluding carboxylic acids is 2. The van der Waals surface area contributed by atoms with E-state index in [4.69, 9.17) is 14.2 Å². The largest absolute Gasteiger partial charge is 0.481 e. The molecule has 41 heavy (non-hydrogen) atoms. The summed E-state index contributed by atoms with van der Waals surface area (Å²) in [6.45, 7) is 3.52. The number of nitrogens with one attached hydrogen (secondary N) is 2. The van der Waals surface area contributed by atoms with Crippen LogP contribution in [-0.4, -0.2) is 61.1 Å². The first-order valence-electron chi connectivity index (χ1n) is 13.7. The summed E-state index contributed by atoms with van der Waals surface area (Å²) < 4.78 is 17.0. The van der Waals surface area contributed by atoms with Gasteiger partial charge in [-0.1, -0.05) is 78.9 Å². The second kappa shape index (κ2) is 12.1. The van der Waals surface area contributed by atoms with Crippen molar-refractivity contribution < 1.29 is 33.7 Å². The number of fused-ring (bicyclic) bond motifs is 3. The number of carbonyl (C=O) groups is 3. The molecule has 9 heteroatoms. The number of amides is 2. The summed E-state index contributed by atoms with van der Waals surface area (Å²) in [6, 6.07) is 23.6. The topological polar surface area (TPSA) is 123 Å². The number of hydrogen-bond donors (Lipinski definition) is 3. The average Bonchev–Trinajstić information content (AvgIpc) is 3.52. The zero-order valence-electron chi connectivity index (χ0n) is 23.0. The molecule has 1 aliphatic heterocycles. The lowest BCUT2D eigenvalue weighted by Gasteiger charge is -2.30. The highest BCUT2D eigenvalue weighted by molar-refractivity contribution is 5.87. The van der Waals surface area contributed by atoms with Gasteiger partial charge >= 0.3 is 12.1 Å². The van der Waals surface area contributed by atoms with Crippen LogP contribution in [0, 0.1) is 5.41 Å². The van der Waals surface area contributed by atoms with Crippen molar-refractivity contribution in [1.82, 2.24) is 10.6 Å². The highest BCUT2D eigenvalue weighted by atomic mass is 16.5. The van der Waals surface area contributed by atoms with Gasteiger partial charge in [-0.25, -0.2) is 4.79 Å². The monoisotopic (exact) mass is 558 g/mol. The SMILES string of the molecule is C[C@H](OCc1ccccc1)[C@@H](NC(=O)OCC1c2ccccc2-c2ccccc21)C(=O)NC1COCC1(C)C(=O)O. The molecule has 2 unspecified atom stereocenters. The summed E-state index contributed by atoms with van der Waals surface area (Å²) in [5, 5.41) is 15.2. The van der Waals surface area contributed by atoms with Gasteiger partial charge in [0.1, 0.15) is 18.1 Å². The van der Waals surface area contributed by atoms with Crippen molar-refractivity contribution in [2.75, 3.05) is 19.8 Å². The third-order valence-corrected chi connectivity index (χ3v) is 7.99. The van der Waals surface area contributed by atoms with Gasteiger partial charge in [0.25, 0.3) is 0 Å². The summed E-state index contributed by atoms with van der Waals surface area (Å²) in [5.74, 6) is -1.80.